The number of rotatable bonds is 3. The predicted molar refractivity (Wildman–Crippen MR) is 71.8 cm³/mol. The topological polar surface area (TPSA) is 38.5 Å². The molecule has 17 heavy (non-hydrogen) atoms. The standard InChI is InChI=1S/C14H22N2O/c1-3-17-14-7-6-11(2)9-13(14)16-8-4-5-12(15)10-16/h6-7,9,12H,3-5,8,10,15H2,1-2H3. The lowest BCUT2D eigenvalue weighted by Crippen LogP contribution is -2.43. The fraction of sp³-hybridized carbons (Fsp3) is 0.571. The van der Waals surface area contributed by atoms with Gasteiger partial charge in [-0.05, 0) is 44.4 Å². The van der Waals surface area contributed by atoms with Gasteiger partial charge in [0, 0.05) is 19.1 Å². The molecule has 0 aromatic heterocycles. The molecule has 1 aromatic rings. The fourth-order valence-electron chi connectivity index (χ4n) is 2.38. The zero-order valence-electron chi connectivity index (χ0n) is 10.8. The summed E-state index contributed by atoms with van der Waals surface area (Å²) < 4.78 is 5.70. The minimum absolute atomic E-state index is 0.290. The molecule has 1 saturated heterocycles. The van der Waals surface area contributed by atoms with Crippen LogP contribution in [0.4, 0.5) is 5.69 Å². The first-order valence-corrected chi connectivity index (χ1v) is 6.44. The van der Waals surface area contributed by atoms with Gasteiger partial charge in [0.05, 0.1) is 12.3 Å². The highest BCUT2D eigenvalue weighted by atomic mass is 16.5. The van der Waals surface area contributed by atoms with E-state index in [2.05, 4.69) is 30.0 Å². The molecule has 94 valence electrons. The van der Waals surface area contributed by atoms with E-state index in [4.69, 9.17) is 10.5 Å². The molecule has 1 aliphatic rings. The monoisotopic (exact) mass is 234 g/mol. The van der Waals surface area contributed by atoms with E-state index >= 15 is 0 Å². The molecule has 2 rings (SSSR count). The first-order chi connectivity index (χ1) is 8.20. The number of nitrogens with zero attached hydrogens (tertiary/aromatic N) is 1. The molecular formula is C14H22N2O. The Hall–Kier alpha value is -1.22. The zero-order chi connectivity index (χ0) is 12.3. The van der Waals surface area contributed by atoms with Crippen molar-refractivity contribution in [3.05, 3.63) is 23.8 Å². The smallest absolute Gasteiger partial charge is 0.142 e. The number of nitrogens with two attached hydrogens (primary N) is 1. The second kappa shape index (κ2) is 5.41. The van der Waals surface area contributed by atoms with Crippen molar-refractivity contribution in [2.45, 2.75) is 32.7 Å². The van der Waals surface area contributed by atoms with Crippen LogP contribution < -0.4 is 15.4 Å². The summed E-state index contributed by atoms with van der Waals surface area (Å²) in [5, 5.41) is 0. The Kier molecular flexibility index (Phi) is 3.89. The van der Waals surface area contributed by atoms with E-state index in [0.29, 0.717) is 12.6 Å². The molecule has 0 aliphatic carbocycles. The van der Waals surface area contributed by atoms with Crippen molar-refractivity contribution in [3.63, 3.8) is 0 Å². The van der Waals surface area contributed by atoms with Gasteiger partial charge in [0.15, 0.2) is 0 Å². The maximum Gasteiger partial charge on any atom is 0.142 e. The molecule has 3 heteroatoms. The highest BCUT2D eigenvalue weighted by molar-refractivity contribution is 5.60. The lowest BCUT2D eigenvalue weighted by atomic mass is 10.0. The maximum atomic E-state index is 6.04. The summed E-state index contributed by atoms with van der Waals surface area (Å²) >= 11 is 0. The lowest BCUT2D eigenvalue weighted by molar-refractivity contribution is 0.339. The molecule has 1 unspecified atom stereocenters. The summed E-state index contributed by atoms with van der Waals surface area (Å²) in [6, 6.07) is 6.65. The Bertz CT molecular complexity index is 378. The van der Waals surface area contributed by atoms with Crippen molar-refractivity contribution >= 4 is 5.69 Å². The van der Waals surface area contributed by atoms with Gasteiger partial charge in [0.1, 0.15) is 5.75 Å². The quantitative estimate of drug-likeness (QED) is 0.872. The molecule has 1 aliphatic heterocycles. The maximum absolute atomic E-state index is 6.04. The van der Waals surface area contributed by atoms with Crippen LogP contribution in [-0.2, 0) is 0 Å². The lowest BCUT2D eigenvalue weighted by Gasteiger charge is -2.33. The Labute approximate surface area is 104 Å². The van der Waals surface area contributed by atoms with Crippen molar-refractivity contribution in [2.24, 2.45) is 5.73 Å². The number of piperidine rings is 1. The Morgan fingerprint density at radius 3 is 3.00 bits per heavy atom. The molecule has 1 heterocycles. The Morgan fingerprint density at radius 2 is 2.29 bits per heavy atom. The normalized spacial score (nSPS) is 20.4. The molecule has 0 bridgehead atoms. The minimum atomic E-state index is 0.290. The largest absolute Gasteiger partial charge is 0.492 e. The molecule has 0 saturated carbocycles. The third-order valence-electron chi connectivity index (χ3n) is 3.21. The Morgan fingerprint density at radius 1 is 1.47 bits per heavy atom. The van der Waals surface area contributed by atoms with Crippen LogP contribution in [0.1, 0.15) is 25.3 Å². The molecule has 0 amide bonds. The number of ether oxygens (including phenoxy) is 1. The first-order valence-electron chi connectivity index (χ1n) is 6.44. The second-order valence-corrected chi connectivity index (χ2v) is 4.75. The fourth-order valence-corrected chi connectivity index (χ4v) is 2.38. The van der Waals surface area contributed by atoms with Gasteiger partial charge < -0.3 is 15.4 Å². The average Bonchev–Trinajstić information content (AvgIpc) is 2.32. The van der Waals surface area contributed by atoms with E-state index in [0.717, 1.165) is 25.3 Å². The third kappa shape index (κ3) is 2.91. The minimum Gasteiger partial charge on any atom is -0.492 e. The van der Waals surface area contributed by atoms with Gasteiger partial charge in [-0.1, -0.05) is 6.07 Å². The molecule has 0 spiro atoms. The van der Waals surface area contributed by atoms with Gasteiger partial charge >= 0.3 is 0 Å². The van der Waals surface area contributed by atoms with Gasteiger partial charge in [0.2, 0.25) is 0 Å². The summed E-state index contributed by atoms with van der Waals surface area (Å²) in [6.07, 6.45) is 2.30. The molecule has 2 N–H and O–H groups in total. The van der Waals surface area contributed by atoms with E-state index < -0.39 is 0 Å². The van der Waals surface area contributed by atoms with Crippen molar-refractivity contribution in [2.75, 3.05) is 24.6 Å². The third-order valence-corrected chi connectivity index (χ3v) is 3.21. The highest BCUT2D eigenvalue weighted by Crippen LogP contribution is 2.31. The van der Waals surface area contributed by atoms with Gasteiger partial charge in [-0.25, -0.2) is 0 Å². The van der Waals surface area contributed by atoms with Crippen molar-refractivity contribution in [3.8, 4) is 5.75 Å². The van der Waals surface area contributed by atoms with Crippen LogP contribution in [0.2, 0.25) is 0 Å². The summed E-state index contributed by atoms with van der Waals surface area (Å²) in [4.78, 5) is 2.35. The second-order valence-electron chi connectivity index (χ2n) is 4.75. The van der Waals surface area contributed by atoms with Crippen LogP contribution in [-0.4, -0.2) is 25.7 Å². The van der Waals surface area contributed by atoms with Crippen LogP contribution in [0, 0.1) is 6.92 Å². The average molecular weight is 234 g/mol. The zero-order valence-corrected chi connectivity index (χ0v) is 10.8. The van der Waals surface area contributed by atoms with E-state index in [-0.39, 0.29) is 0 Å². The van der Waals surface area contributed by atoms with Crippen molar-refractivity contribution in [1.82, 2.24) is 0 Å². The van der Waals surface area contributed by atoms with Gasteiger partial charge in [-0.3, -0.25) is 0 Å². The van der Waals surface area contributed by atoms with Gasteiger partial charge in [-0.2, -0.15) is 0 Å². The van der Waals surface area contributed by atoms with Gasteiger partial charge in [-0.15, -0.1) is 0 Å². The highest BCUT2D eigenvalue weighted by Gasteiger charge is 2.19. The number of aryl methyl sites for hydroxylation is 1. The molecular weight excluding hydrogens is 212 g/mol. The number of benzene rings is 1. The molecule has 1 fully saturated rings. The molecule has 3 nitrogen and oxygen atoms in total. The van der Waals surface area contributed by atoms with Crippen molar-refractivity contribution < 1.29 is 4.74 Å². The van der Waals surface area contributed by atoms with E-state index in [1.807, 2.05) is 6.92 Å². The number of hydrogen-bond donors (Lipinski definition) is 1. The van der Waals surface area contributed by atoms with Crippen LogP contribution in [0.15, 0.2) is 18.2 Å². The summed E-state index contributed by atoms with van der Waals surface area (Å²) in [5.74, 6) is 0.979. The molecule has 1 atom stereocenters. The summed E-state index contributed by atoms with van der Waals surface area (Å²) in [6.45, 7) is 6.85. The predicted octanol–water partition coefficient (Wildman–Crippen LogP) is 2.32. The van der Waals surface area contributed by atoms with E-state index in [1.54, 1.807) is 0 Å². The Balaban J connectivity index is 2.25. The summed E-state index contributed by atoms with van der Waals surface area (Å²) in [5.41, 5.74) is 8.50. The van der Waals surface area contributed by atoms with Crippen LogP contribution >= 0.6 is 0 Å². The number of hydrogen-bond acceptors (Lipinski definition) is 3. The molecule has 0 radical (unpaired) electrons. The van der Waals surface area contributed by atoms with Crippen LogP contribution in [0.5, 0.6) is 5.75 Å². The van der Waals surface area contributed by atoms with Crippen molar-refractivity contribution in [1.29, 1.82) is 0 Å². The number of anilines is 1. The van der Waals surface area contributed by atoms with E-state index in [1.165, 1.54) is 17.7 Å². The van der Waals surface area contributed by atoms with Gasteiger partial charge in [0.25, 0.3) is 0 Å². The molecule has 1 aromatic carbocycles. The van der Waals surface area contributed by atoms with Crippen LogP contribution in [0.3, 0.4) is 0 Å². The first kappa shape index (κ1) is 12.2. The SMILES string of the molecule is CCOc1ccc(C)cc1N1CCCC(N)C1. The van der Waals surface area contributed by atoms with E-state index in [9.17, 15) is 0 Å². The summed E-state index contributed by atoms with van der Waals surface area (Å²) in [7, 11) is 0. The van der Waals surface area contributed by atoms with Crippen LogP contribution in [0.25, 0.3) is 0 Å².